The van der Waals surface area contributed by atoms with Crippen molar-refractivity contribution in [2.45, 2.75) is 30.9 Å². The molecular weight excluding hydrogens is 471 g/mol. The topological polar surface area (TPSA) is 55.8 Å². The number of halogens is 3. The van der Waals surface area contributed by atoms with Crippen LogP contribution in [-0.2, 0) is 22.8 Å². The van der Waals surface area contributed by atoms with Gasteiger partial charge in [-0.15, -0.1) is 0 Å². The molecule has 36 heavy (non-hydrogen) atoms. The number of Topliss-reactive ketones (excluding diaryl/α,β-unsaturated/α-hetero) is 1. The second-order valence-electron chi connectivity index (χ2n) is 9.40. The summed E-state index contributed by atoms with van der Waals surface area (Å²) < 4.78 is 52.3. The van der Waals surface area contributed by atoms with Gasteiger partial charge < -0.3 is 14.4 Å². The molecule has 1 amide bonds. The van der Waals surface area contributed by atoms with E-state index in [0.717, 1.165) is 11.6 Å². The normalized spacial score (nSPS) is 15.5. The molecule has 1 aliphatic heterocycles. The summed E-state index contributed by atoms with van der Waals surface area (Å²) in [4.78, 5) is 26.9. The molecule has 1 saturated carbocycles. The molecule has 0 aromatic heterocycles. The van der Waals surface area contributed by atoms with Gasteiger partial charge in [-0.25, -0.2) is 0 Å². The Morgan fingerprint density at radius 1 is 0.917 bits per heavy atom. The minimum absolute atomic E-state index is 0.0107. The van der Waals surface area contributed by atoms with E-state index in [1.807, 2.05) is 12.1 Å². The van der Waals surface area contributed by atoms with Gasteiger partial charge in [-0.2, -0.15) is 13.2 Å². The first-order valence-corrected chi connectivity index (χ1v) is 11.5. The molecule has 1 fully saturated rings. The second-order valence-corrected chi connectivity index (χ2v) is 9.40. The van der Waals surface area contributed by atoms with Crippen LogP contribution in [-0.4, -0.2) is 37.5 Å². The van der Waals surface area contributed by atoms with Crippen LogP contribution < -0.4 is 9.47 Å². The number of rotatable bonds is 6. The summed E-state index contributed by atoms with van der Waals surface area (Å²) in [5.41, 5.74) is 0.574. The third kappa shape index (κ3) is 4.32. The Labute approximate surface area is 206 Å². The van der Waals surface area contributed by atoms with Gasteiger partial charge >= 0.3 is 6.18 Å². The molecule has 1 aliphatic carbocycles. The number of alkyl halides is 3. The van der Waals surface area contributed by atoms with Gasteiger partial charge in [-0.1, -0.05) is 30.3 Å². The van der Waals surface area contributed by atoms with Crippen molar-refractivity contribution in [1.29, 1.82) is 0 Å². The molecule has 5 nitrogen and oxygen atoms in total. The van der Waals surface area contributed by atoms with Crippen molar-refractivity contribution in [3.8, 4) is 22.6 Å². The monoisotopic (exact) mass is 495 g/mol. The van der Waals surface area contributed by atoms with Crippen molar-refractivity contribution in [2.24, 2.45) is 0 Å². The van der Waals surface area contributed by atoms with Crippen molar-refractivity contribution in [3.05, 3.63) is 82.9 Å². The number of fused-ring (bicyclic) bond motifs is 1. The average Bonchev–Trinajstić information content (AvgIpc) is 3.53. The molecule has 5 rings (SSSR count). The lowest BCUT2D eigenvalue weighted by molar-refractivity contribution is -0.137. The zero-order valence-corrected chi connectivity index (χ0v) is 19.8. The Bertz CT molecular complexity index is 1340. The fourth-order valence-electron chi connectivity index (χ4n) is 4.64. The standard InChI is InChI=1S/C28H24F3NO4/c1-32(2)26(34)19-6-4-18(5-7-19)21-13-17(3-9-22(21)28(29,30)31)14-25(33)27(11-12-27)20-8-10-23-24(15-20)36-16-35-23/h3-10,13,15H,11-12,14,16H2,1-2H3. The molecule has 0 radical (unpaired) electrons. The molecule has 0 spiro atoms. The Balaban J connectivity index is 1.44. The molecule has 0 atom stereocenters. The van der Waals surface area contributed by atoms with Crippen molar-refractivity contribution >= 4 is 11.7 Å². The van der Waals surface area contributed by atoms with E-state index in [4.69, 9.17) is 9.47 Å². The highest BCUT2D eigenvalue weighted by Gasteiger charge is 2.51. The molecule has 3 aromatic carbocycles. The third-order valence-corrected chi connectivity index (χ3v) is 6.81. The van der Waals surface area contributed by atoms with Crippen molar-refractivity contribution in [2.75, 3.05) is 20.9 Å². The molecule has 3 aromatic rings. The Kier molecular flexibility index (Phi) is 5.77. The van der Waals surface area contributed by atoms with Gasteiger partial charge in [0, 0.05) is 26.1 Å². The second kappa shape index (κ2) is 8.69. The molecule has 0 unspecified atom stereocenters. The van der Waals surface area contributed by atoms with Crippen LogP contribution in [0.1, 0.15) is 39.9 Å². The van der Waals surface area contributed by atoms with E-state index in [1.54, 1.807) is 20.2 Å². The maximum Gasteiger partial charge on any atom is 0.417 e. The van der Waals surface area contributed by atoms with Crippen LogP contribution in [0.3, 0.4) is 0 Å². The summed E-state index contributed by atoms with van der Waals surface area (Å²) in [5, 5.41) is 0. The van der Waals surface area contributed by atoms with Crippen LogP contribution in [0.25, 0.3) is 11.1 Å². The lowest BCUT2D eigenvalue weighted by Gasteiger charge is -2.18. The van der Waals surface area contributed by atoms with E-state index in [1.165, 1.54) is 41.3 Å². The molecular formula is C28H24F3NO4. The predicted octanol–water partition coefficient (Wildman–Crippen LogP) is 5.65. The molecule has 8 heteroatoms. The summed E-state index contributed by atoms with van der Waals surface area (Å²) >= 11 is 0. The van der Waals surface area contributed by atoms with Gasteiger partial charge in [0.05, 0.1) is 11.0 Å². The number of hydrogen-bond donors (Lipinski definition) is 0. The molecule has 0 saturated heterocycles. The highest BCUT2D eigenvalue weighted by molar-refractivity contribution is 5.95. The highest BCUT2D eigenvalue weighted by atomic mass is 19.4. The molecule has 1 heterocycles. The van der Waals surface area contributed by atoms with E-state index in [0.29, 0.717) is 41.0 Å². The van der Waals surface area contributed by atoms with Gasteiger partial charge in [0.15, 0.2) is 11.5 Å². The minimum Gasteiger partial charge on any atom is -0.454 e. The van der Waals surface area contributed by atoms with E-state index in [-0.39, 0.29) is 30.5 Å². The molecule has 0 N–H and O–H groups in total. The quantitative estimate of drug-likeness (QED) is 0.444. The van der Waals surface area contributed by atoms with Gasteiger partial charge in [0.1, 0.15) is 5.78 Å². The Morgan fingerprint density at radius 3 is 2.25 bits per heavy atom. The van der Waals surface area contributed by atoms with Crippen LogP contribution in [0.5, 0.6) is 11.5 Å². The summed E-state index contributed by atoms with van der Waals surface area (Å²) in [6, 6.07) is 15.3. The fraction of sp³-hybridized carbons (Fsp3) is 0.286. The average molecular weight is 495 g/mol. The number of benzene rings is 3. The smallest absolute Gasteiger partial charge is 0.417 e. The predicted molar refractivity (Wildman–Crippen MR) is 127 cm³/mol. The van der Waals surface area contributed by atoms with Gasteiger partial charge in [-0.05, 0) is 65.4 Å². The van der Waals surface area contributed by atoms with Crippen molar-refractivity contribution < 1.29 is 32.2 Å². The largest absolute Gasteiger partial charge is 0.454 e. The number of amides is 1. The summed E-state index contributed by atoms with van der Waals surface area (Å²) in [7, 11) is 3.21. The summed E-state index contributed by atoms with van der Waals surface area (Å²) in [6.45, 7) is 0.137. The van der Waals surface area contributed by atoms with Crippen LogP contribution in [0.4, 0.5) is 13.2 Å². The Hall–Kier alpha value is -3.81. The lowest BCUT2D eigenvalue weighted by Crippen LogP contribution is -2.22. The van der Waals surface area contributed by atoms with E-state index >= 15 is 0 Å². The van der Waals surface area contributed by atoms with Crippen LogP contribution >= 0.6 is 0 Å². The van der Waals surface area contributed by atoms with Crippen LogP contribution in [0.2, 0.25) is 0 Å². The number of hydrogen-bond acceptors (Lipinski definition) is 4. The maximum atomic E-state index is 13.8. The third-order valence-electron chi connectivity index (χ3n) is 6.81. The van der Waals surface area contributed by atoms with Crippen LogP contribution in [0, 0.1) is 0 Å². The zero-order chi connectivity index (χ0) is 25.7. The number of ketones is 1. The molecule has 186 valence electrons. The maximum absolute atomic E-state index is 13.8. The molecule has 2 aliphatic rings. The SMILES string of the molecule is CN(C)C(=O)c1ccc(-c2cc(CC(=O)C3(c4ccc5c(c4)OCO5)CC3)ccc2C(F)(F)F)cc1. The molecule has 0 bridgehead atoms. The van der Waals surface area contributed by atoms with E-state index in [2.05, 4.69) is 0 Å². The van der Waals surface area contributed by atoms with E-state index < -0.39 is 17.2 Å². The number of carbonyl (C=O) groups is 2. The first-order valence-electron chi connectivity index (χ1n) is 11.5. The first-order chi connectivity index (χ1) is 17.1. The summed E-state index contributed by atoms with van der Waals surface area (Å²) in [5.74, 6) is 0.946. The summed E-state index contributed by atoms with van der Waals surface area (Å²) in [6.07, 6.45) is -3.20. The van der Waals surface area contributed by atoms with Crippen molar-refractivity contribution in [1.82, 2.24) is 4.90 Å². The van der Waals surface area contributed by atoms with E-state index in [9.17, 15) is 22.8 Å². The number of ether oxygens (including phenoxy) is 2. The lowest BCUT2D eigenvalue weighted by atomic mass is 9.86. The number of carbonyl (C=O) groups excluding carboxylic acids is 2. The highest BCUT2D eigenvalue weighted by Crippen LogP contribution is 2.51. The number of nitrogens with zero attached hydrogens (tertiary/aromatic N) is 1. The van der Waals surface area contributed by atoms with Crippen molar-refractivity contribution in [3.63, 3.8) is 0 Å². The van der Waals surface area contributed by atoms with Gasteiger partial charge in [0.2, 0.25) is 6.79 Å². The first kappa shape index (κ1) is 23.9. The zero-order valence-electron chi connectivity index (χ0n) is 19.8. The minimum atomic E-state index is -4.57. The van der Waals surface area contributed by atoms with Crippen LogP contribution in [0.15, 0.2) is 60.7 Å². The van der Waals surface area contributed by atoms with Gasteiger partial charge in [-0.3, -0.25) is 9.59 Å². The fourth-order valence-corrected chi connectivity index (χ4v) is 4.64. The van der Waals surface area contributed by atoms with Gasteiger partial charge in [0.25, 0.3) is 5.91 Å². The Morgan fingerprint density at radius 2 is 1.61 bits per heavy atom.